The Morgan fingerprint density at radius 2 is 2.00 bits per heavy atom. The molecule has 8 heteroatoms. The maximum absolute atomic E-state index is 12.2. The lowest BCUT2D eigenvalue weighted by Crippen LogP contribution is -2.19. The minimum absolute atomic E-state index is 0.125. The van der Waals surface area contributed by atoms with Gasteiger partial charge in [0.25, 0.3) is 0 Å². The SMILES string of the molecule is COC(=O)c1ccc(C)c(-c2[nH]nc(OCC(F)(F)F)c2C)c1. The number of nitrogens with one attached hydrogen (secondary N) is 1. The molecule has 0 aliphatic rings. The number of methoxy groups -OCH3 is 1. The number of halogens is 3. The number of hydrogen-bond acceptors (Lipinski definition) is 4. The zero-order valence-corrected chi connectivity index (χ0v) is 12.7. The monoisotopic (exact) mass is 328 g/mol. The van der Waals surface area contributed by atoms with Crippen LogP contribution in [0.1, 0.15) is 21.5 Å². The van der Waals surface area contributed by atoms with E-state index in [4.69, 9.17) is 0 Å². The molecule has 0 radical (unpaired) electrons. The van der Waals surface area contributed by atoms with Gasteiger partial charge in [0.1, 0.15) is 0 Å². The van der Waals surface area contributed by atoms with E-state index in [1.54, 1.807) is 25.1 Å². The molecule has 0 aliphatic heterocycles. The largest absolute Gasteiger partial charge is 0.467 e. The van der Waals surface area contributed by atoms with Gasteiger partial charge in [0.05, 0.1) is 18.4 Å². The molecule has 23 heavy (non-hydrogen) atoms. The van der Waals surface area contributed by atoms with Crippen LogP contribution in [0, 0.1) is 13.8 Å². The van der Waals surface area contributed by atoms with E-state index in [0.29, 0.717) is 22.4 Å². The van der Waals surface area contributed by atoms with Crippen LogP contribution in [0.15, 0.2) is 18.2 Å². The minimum atomic E-state index is -4.44. The first-order valence-electron chi connectivity index (χ1n) is 6.67. The fourth-order valence-electron chi connectivity index (χ4n) is 2.07. The van der Waals surface area contributed by atoms with Gasteiger partial charge >= 0.3 is 12.1 Å². The molecule has 0 atom stereocenters. The molecule has 0 amide bonds. The van der Waals surface area contributed by atoms with Crippen LogP contribution in [0.5, 0.6) is 5.88 Å². The predicted octanol–water partition coefficient (Wildman–Crippen LogP) is 3.42. The summed E-state index contributed by atoms with van der Waals surface area (Å²) in [5.74, 6) is -0.628. The number of alkyl halides is 3. The zero-order chi connectivity index (χ0) is 17.2. The van der Waals surface area contributed by atoms with E-state index in [-0.39, 0.29) is 5.88 Å². The van der Waals surface area contributed by atoms with Crippen LogP contribution in [0.2, 0.25) is 0 Å². The number of esters is 1. The number of aromatic nitrogens is 2. The third-order valence-corrected chi connectivity index (χ3v) is 3.27. The predicted molar refractivity (Wildman–Crippen MR) is 76.4 cm³/mol. The lowest BCUT2D eigenvalue weighted by Gasteiger charge is -2.09. The number of carbonyl (C=O) groups excluding carboxylic acids is 1. The molecule has 0 aliphatic carbocycles. The number of H-pyrrole nitrogens is 1. The highest BCUT2D eigenvalue weighted by Gasteiger charge is 2.29. The molecule has 0 unspecified atom stereocenters. The van der Waals surface area contributed by atoms with Gasteiger partial charge in [0.2, 0.25) is 5.88 Å². The van der Waals surface area contributed by atoms with Crippen LogP contribution in [-0.4, -0.2) is 36.1 Å². The first-order chi connectivity index (χ1) is 10.7. The van der Waals surface area contributed by atoms with Crippen molar-refractivity contribution in [1.82, 2.24) is 10.2 Å². The molecule has 1 N–H and O–H groups in total. The summed E-state index contributed by atoms with van der Waals surface area (Å²) in [6, 6.07) is 4.92. The van der Waals surface area contributed by atoms with Gasteiger partial charge in [0, 0.05) is 11.1 Å². The van der Waals surface area contributed by atoms with Crippen molar-refractivity contribution in [3.05, 3.63) is 34.9 Å². The second-order valence-electron chi connectivity index (χ2n) is 4.95. The second kappa shape index (κ2) is 6.31. The van der Waals surface area contributed by atoms with E-state index in [2.05, 4.69) is 19.7 Å². The average Bonchev–Trinajstić information content (AvgIpc) is 2.85. The Labute approximate surface area is 130 Å². The van der Waals surface area contributed by atoms with Gasteiger partial charge in [-0.25, -0.2) is 4.79 Å². The molecule has 0 spiro atoms. The number of hydrogen-bond donors (Lipinski definition) is 1. The van der Waals surface area contributed by atoms with Crippen LogP contribution in [0.3, 0.4) is 0 Å². The Hall–Kier alpha value is -2.51. The van der Waals surface area contributed by atoms with E-state index in [1.807, 2.05) is 6.92 Å². The molecule has 2 aromatic rings. The van der Waals surface area contributed by atoms with E-state index in [1.165, 1.54) is 7.11 Å². The Morgan fingerprint density at radius 1 is 1.30 bits per heavy atom. The molecule has 0 fully saturated rings. The van der Waals surface area contributed by atoms with Crippen molar-refractivity contribution < 1.29 is 27.4 Å². The Kier molecular flexibility index (Phi) is 4.63. The van der Waals surface area contributed by atoms with Crippen molar-refractivity contribution in [2.75, 3.05) is 13.7 Å². The van der Waals surface area contributed by atoms with Gasteiger partial charge in [0.15, 0.2) is 6.61 Å². The Bertz CT molecular complexity index is 723. The number of benzene rings is 1. The van der Waals surface area contributed by atoms with Gasteiger partial charge in [-0.15, -0.1) is 5.10 Å². The molecular weight excluding hydrogens is 313 g/mol. The Balaban J connectivity index is 2.36. The summed E-state index contributed by atoms with van der Waals surface area (Å²) in [4.78, 5) is 11.6. The average molecular weight is 328 g/mol. The minimum Gasteiger partial charge on any atom is -0.467 e. The molecule has 1 heterocycles. The highest BCUT2D eigenvalue weighted by atomic mass is 19.4. The first-order valence-corrected chi connectivity index (χ1v) is 6.67. The van der Waals surface area contributed by atoms with Gasteiger partial charge < -0.3 is 9.47 Å². The molecular formula is C15H15F3N2O3. The van der Waals surface area contributed by atoms with Crippen LogP contribution >= 0.6 is 0 Å². The van der Waals surface area contributed by atoms with Gasteiger partial charge in [-0.2, -0.15) is 13.2 Å². The van der Waals surface area contributed by atoms with Crippen LogP contribution in [0.4, 0.5) is 13.2 Å². The van der Waals surface area contributed by atoms with Gasteiger partial charge in [-0.1, -0.05) is 6.07 Å². The van der Waals surface area contributed by atoms with Crippen molar-refractivity contribution >= 4 is 5.97 Å². The summed E-state index contributed by atoms with van der Waals surface area (Å²) in [6.07, 6.45) is -4.44. The molecule has 2 rings (SSSR count). The van der Waals surface area contributed by atoms with E-state index >= 15 is 0 Å². The molecule has 1 aromatic heterocycles. The maximum atomic E-state index is 12.2. The van der Waals surface area contributed by atoms with E-state index < -0.39 is 18.8 Å². The molecule has 124 valence electrons. The number of aryl methyl sites for hydroxylation is 1. The van der Waals surface area contributed by atoms with E-state index in [9.17, 15) is 18.0 Å². The molecule has 0 saturated carbocycles. The lowest BCUT2D eigenvalue weighted by atomic mass is 10.0. The summed E-state index contributed by atoms with van der Waals surface area (Å²) >= 11 is 0. The van der Waals surface area contributed by atoms with Crippen LogP contribution in [0.25, 0.3) is 11.3 Å². The molecule has 0 saturated heterocycles. The normalized spacial score (nSPS) is 11.4. The standard InChI is InChI=1S/C15H15F3N2O3/c1-8-4-5-10(14(21)22-3)6-11(8)12-9(2)13(20-19-12)23-7-15(16,17)18/h4-6H,7H2,1-3H3,(H,19,20). The molecule has 0 bridgehead atoms. The zero-order valence-electron chi connectivity index (χ0n) is 12.7. The number of nitrogens with zero attached hydrogens (tertiary/aromatic N) is 1. The topological polar surface area (TPSA) is 64.2 Å². The fraction of sp³-hybridized carbons (Fsp3) is 0.333. The summed E-state index contributed by atoms with van der Waals surface area (Å²) in [7, 11) is 1.27. The van der Waals surface area contributed by atoms with Crippen molar-refractivity contribution in [3.8, 4) is 17.1 Å². The third-order valence-electron chi connectivity index (χ3n) is 3.27. The maximum Gasteiger partial charge on any atom is 0.422 e. The number of ether oxygens (including phenoxy) is 2. The van der Waals surface area contributed by atoms with Crippen molar-refractivity contribution in [1.29, 1.82) is 0 Å². The summed E-state index contributed by atoms with van der Waals surface area (Å²) in [5.41, 5.74) is 2.72. The van der Waals surface area contributed by atoms with Crippen molar-refractivity contribution in [2.24, 2.45) is 0 Å². The number of aromatic amines is 1. The highest BCUT2D eigenvalue weighted by Crippen LogP contribution is 2.31. The fourth-order valence-corrected chi connectivity index (χ4v) is 2.07. The molecule has 1 aromatic carbocycles. The molecule has 5 nitrogen and oxygen atoms in total. The van der Waals surface area contributed by atoms with Crippen molar-refractivity contribution in [2.45, 2.75) is 20.0 Å². The Morgan fingerprint density at radius 3 is 2.61 bits per heavy atom. The third kappa shape index (κ3) is 3.82. The summed E-state index contributed by atoms with van der Waals surface area (Å²) < 4.78 is 46.0. The van der Waals surface area contributed by atoms with Crippen LogP contribution < -0.4 is 4.74 Å². The van der Waals surface area contributed by atoms with Crippen molar-refractivity contribution in [3.63, 3.8) is 0 Å². The second-order valence-corrected chi connectivity index (χ2v) is 4.95. The summed E-state index contributed by atoms with van der Waals surface area (Å²) in [6.45, 7) is 1.99. The number of rotatable bonds is 4. The smallest absolute Gasteiger partial charge is 0.422 e. The van der Waals surface area contributed by atoms with E-state index in [0.717, 1.165) is 5.56 Å². The highest BCUT2D eigenvalue weighted by molar-refractivity contribution is 5.91. The summed E-state index contributed by atoms with van der Waals surface area (Å²) in [5, 5.41) is 6.42. The van der Waals surface area contributed by atoms with Gasteiger partial charge in [-0.05, 0) is 31.5 Å². The van der Waals surface area contributed by atoms with Crippen LogP contribution in [-0.2, 0) is 4.74 Å². The lowest BCUT2D eigenvalue weighted by molar-refractivity contribution is -0.154. The quantitative estimate of drug-likeness (QED) is 0.874. The van der Waals surface area contributed by atoms with Gasteiger partial charge in [-0.3, -0.25) is 5.10 Å². The number of carbonyl (C=O) groups is 1. The first kappa shape index (κ1) is 16.9.